The number of imide groups is 2. The molecule has 262 valence electrons. The molecule has 2 aliphatic heterocycles. The molecule has 8 nitrogen and oxygen atoms in total. The van der Waals surface area contributed by atoms with E-state index in [2.05, 4.69) is 27.7 Å². The molecule has 0 radical (unpaired) electrons. The number of hydrogen-bond donors (Lipinski definition) is 0. The van der Waals surface area contributed by atoms with Crippen LogP contribution in [0.2, 0.25) is 0 Å². The molecule has 2 aliphatic rings. The zero-order chi connectivity index (χ0) is 37.1. The molecule has 7 rings (SSSR count). The molecule has 8 heteroatoms. The van der Waals surface area contributed by atoms with Gasteiger partial charge in [0, 0.05) is 11.0 Å². The van der Waals surface area contributed by atoms with Crippen LogP contribution in [0.5, 0.6) is 23.0 Å². The highest BCUT2D eigenvalue weighted by Gasteiger charge is 2.42. The first-order chi connectivity index (χ1) is 24.6. The average molecular weight is 693 g/mol. The fraction of sp³-hybridized carbons (Fsp3) is 0.227. The molecule has 5 aromatic rings. The van der Waals surface area contributed by atoms with Gasteiger partial charge in [-0.15, -0.1) is 0 Å². The Bertz CT molecular complexity index is 2300. The van der Waals surface area contributed by atoms with E-state index in [1.165, 1.54) is 9.80 Å². The number of rotatable bonds is 8. The minimum absolute atomic E-state index is 0.255. The van der Waals surface area contributed by atoms with Gasteiger partial charge in [0.05, 0.1) is 27.9 Å². The second-order valence-corrected chi connectivity index (χ2v) is 15.1. The molecule has 0 fully saturated rings. The third kappa shape index (κ3) is 6.04. The van der Waals surface area contributed by atoms with E-state index < -0.39 is 11.0 Å². The summed E-state index contributed by atoms with van der Waals surface area (Å²) in [5.41, 5.74) is 3.80. The number of nitrogens with zero attached hydrogens (tertiary/aromatic N) is 2. The lowest BCUT2D eigenvalue weighted by Gasteiger charge is -2.29. The molecule has 0 N–H and O–H groups in total. The molecule has 0 aromatic heterocycles. The van der Waals surface area contributed by atoms with E-state index >= 15 is 0 Å². The zero-order valence-corrected chi connectivity index (χ0v) is 30.3. The van der Waals surface area contributed by atoms with Gasteiger partial charge < -0.3 is 9.47 Å². The van der Waals surface area contributed by atoms with Gasteiger partial charge >= 0.3 is 0 Å². The summed E-state index contributed by atoms with van der Waals surface area (Å²) >= 11 is 0. The van der Waals surface area contributed by atoms with E-state index in [0.29, 0.717) is 50.9 Å². The van der Waals surface area contributed by atoms with Gasteiger partial charge in [-0.1, -0.05) is 64.1 Å². The Balaban J connectivity index is 1.09. The van der Waals surface area contributed by atoms with Crippen LogP contribution in [0.4, 0.5) is 5.69 Å². The summed E-state index contributed by atoms with van der Waals surface area (Å²) < 4.78 is 12.5. The van der Waals surface area contributed by atoms with Crippen LogP contribution < -0.4 is 14.4 Å². The van der Waals surface area contributed by atoms with Gasteiger partial charge in [0.1, 0.15) is 23.0 Å². The summed E-state index contributed by atoms with van der Waals surface area (Å²) in [7, 11) is 0. The van der Waals surface area contributed by atoms with Gasteiger partial charge in [-0.3, -0.25) is 24.1 Å². The second-order valence-electron chi connectivity index (χ2n) is 15.1. The van der Waals surface area contributed by atoms with Crippen molar-refractivity contribution in [2.75, 3.05) is 4.90 Å². The summed E-state index contributed by atoms with van der Waals surface area (Å²) in [6, 6.07) is 33.0. The molecule has 5 aromatic carbocycles. The van der Waals surface area contributed by atoms with Crippen LogP contribution in [0.1, 0.15) is 113 Å². The predicted octanol–water partition coefficient (Wildman–Crippen LogP) is 9.92. The topological polar surface area (TPSA) is 93.2 Å². The van der Waals surface area contributed by atoms with Crippen LogP contribution in [0.15, 0.2) is 109 Å². The van der Waals surface area contributed by atoms with E-state index in [1.807, 2.05) is 87.5 Å². The van der Waals surface area contributed by atoms with Crippen molar-refractivity contribution in [1.82, 2.24) is 4.90 Å². The predicted molar refractivity (Wildman–Crippen MR) is 200 cm³/mol. The molecular formula is C44H40N2O6. The van der Waals surface area contributed by atoms with Gasteiger partial charge in [-0.2, -0.15) is 0 Å². The smallest absolute Gasteiger partial charge is 0.266 e. The van der Waals surface area contributed by atoms with Crippen molar-refractivity contribution < 1.29 is 28.7 Å². The first-order valence-electron chi connectivity index (χ1n) is 17.4. The lowest BCUT2D eigenvalue weighted by Crippen LogP contribution is -2.45. The minimum Gasteiger partial charge on any atom is -0.457 e. The Morgan fingerprint density at radius 3 is 1.50 bits per heavy atom. The number of fused-ring (bicyclic) bond motifs is 2. The Morgan fingerprint density at radius 1 is 0.500 bits per heavy atom. The maximum Gasteiger partial charge on any atom is 0.266 e. The molecule has 0 aliphatic carbocycles. The Labute approximate surface area is 303 Å². The first-order valence-corrected chi connectivity index (χ1v) is 17.4. The van der Waals surface area contributed by atoms with Crippen molar-refractivity contribution >= 4 is 29.3 Å². The second kappa shape index (κ2) is 12.6. The van der Waals surface area contributed by atoms with Crippen molar-refractivity contribution in [1.29, 1.82) is 0 Å². The lowest BCUT2D eigenvalue weighted by atomic mass is 9.78. The summed E-state index contributed by atoms with van der Waals surface area (Å²) in [4.78, 5) is 55.4. The fourth-order valence-electron chi connectivity index (χ4n) is 6.77. The molecule has 0 unspecified atom stereocenters. The van der Waals surface area contributed by atoms with Gasteiger partial charge in [0.25, 0.3) is 23.6 Å². The van der Waals surface area contributed by atoms with Crippen molar-refractivity contribution in [3.8, 4) is 23.0 Å². The Hall–Kier alpha value is -6.02. The molecule has 4 amide bonds. The molecule has 2 heterocycles. The molecule has 0 bridgehead atoms. The van der Waals surface area contributed by atoms with E-state index in [9.17, 15) is 19.2 Å². The highest BCUT2D eigenvalue weighted by atomic mass is 16.5. The number of ether oxygens (including phenoxy) is 2. The first kappa shape index (κ1) is 34.4. The normalized spacial score (nSPS) is 14.3. The van der Waals surface area contributed by atoms with Crippen LogP contribution >= 0.6 is 0 Å². The van der Waals surface area contributed by atoms with Crippen molar-refractivity contribution in [2.24, 2.45) is 0 Å². The van der Waals surface area contributed by atoms with Crippen LogP contribution in [0.25, 0.3) is 0 Å². The highest BCUT2D eigenvalue weighted by molar-refractivity contribution is 6.34. The van der Waals surface area contributed by atoms with E-state index in [1.54, 1.807) is 42.5 Å². The maximum atomic E-state index is 13.5. The van der Waals surface area contributed by atoms with Crippen LogP contribution in [0.3, 0.4) is 0 Å². The number of amides is 4. The quantitative estimate of drug-likeness (QED) is 0.150. The van der Waals surface area contributed by atoms with Gasteiger partial charge in [-0.05, 0) is 116 Å². The Kier molecular flexibility index (Phi) is 8.37. The van der Waals surface area contributed by atoms with Crippen molar-refractivity contribution in [2.45, 2.75) is 65.3 Å². The monoisotopic (exact) mass is 692 g/mol. The van der Waals surface area contributed by atoms with Crippen LogP contribution in [0, 0.1) is 0 Å². The molecular weight excluding hydrogens is 652 g/mol. The number of anilines is 1. The van der Waals surface area contributed by atoms with E-state index in [4.69, 9.17) is 9.47 Å². The van der Waals surface area contributed by atoms with Crippen LogP contribution in [-0.4, -0.2) is 34.1 Å². The fourth-order valence-corrected chi connectivity index (χ4v) is 6.77. The molecule has 52 heavy (non-hydrogen) atoms. The van der Waals surface area contributed by atoms with E-state index in [0.717, 1.165) is 16.7 Å². The van der Waals surface area contributed by atoms with Gasteiger partial charge in [0.15, 0.2) is 0 Å². The summed E-state index contributed by atoms with van der Waals surface area (Å²) in [6.45, 7) is 13.9. The van der Waals surface area contributed by atoms with E-state index in [-0.39, 0.29) is 29.5 Å². The number of carbonyl (C=O) groups is 4. The van der Waals surface area contributed by atoms with Crippen LogP contribution in [-0.2, 0) is 5.41 Å². The third-order valence-corrected chi connectivity index (χ3v) is 9.76. The number of hydrogen-bond acceptors (Lipinski definition) is 6. The Morgan fingerprint density at radius 2 is 0.962 bits per heavy atom. The molecule has 0 atom stereocenters. The number of benzene rings is 5. The third-order valence-electron chi connectivity index (χ3n) is 9.76. The summed E-state index contributed by atoms with van der Waals surface area (Å²) in [5, 5.41) is 0. The average Bonchev–Trinajstić information content (AvgIpc) is 3.51. The largest absolute Gasteiger partial charge is 0.457 e. The van der Waals surface area contributed by atoms with Crippen molar-refractivity contribution in [3.05, 3.63) is 148 Å². The maximum absolute atomic E-state index is 13.5. The molecule has 0 saturated carbocycles. The highest BCUT2D eigenvalue weighted by Crippen LogP contribution is 2.39. The summed E-state index contributed by atoms with van der Waals surface area (Å²) in [5.74, 6) is 0.969. The minimum atomic E-state index is -0.639. The molecule has 0 saturated heterocycles. The van der Waals surface area contributed by atoms with Gasteiger partial charge in [-0.25, -0.2) is 4.90 Å². The lowest BCUT2D eigenvalue weighted by molar-refractivity contribution is 0.0507. The zero-order valence-electron chi connectivity index (χ0n) is 30.3. The van der Waals surface area contributed by atoms with Crippen molar-refractivity contribution in [3.63, 3.8) is 0 Å². The standard InChI is InChI=1S/C44H40N2O6/c1-26(2)27-11-8-14-30(21-27)45-39(47)35-19-17-33(24-37(35)40(45)48)51-31-15-9-12-28(22-31)44(6,7)29-13-10-16-32(23-29)52-34-18-20-36-38(25-34)42(50)46(41(36)49)43(3,4)5/h8-26H,1-7H3. The number of carbonyl (C=O) groups excluding carboxylic acids is 4. The van der Waals surface area contributed by atoms with Gasteiger partial charge in [0.2, 0.25) is 0 Å². The summed E-state index contributed by atoms with van der Waals surface area (Å²) in [6.07, 6.45) is 0. The SMILES string of the molecule is CC(C)c1cccc(N2C(=O)c3ccc(Oc4cccc(C(C)(C)c5cccc(Oc6ccc7c(c6)C(=O)N(C(C)(C)C)C7=O)c5)c4)cc3C2=O)c1. The molecule has 0 spiro atoms.